The first kappa shape index (κ1) is 20.6. The SMILES string of the molecule is CC(=O)O.CC(=O)O.O=C(O)C([N+](=O)[O-])[N+](=O)[O-]. The van der Waals surface area contributed by atoms with E-state index in [1.54, 1.807) is 0 Å². The van der Waals surface area contributed by atoms with Crippen LogP contribution < -0.4 is 0 Å². The van der Waals surface area contributed by atoms with Gasteiger partial charge < -0.3 is 15.3 Å². The average Bonchev–Trinajstić information content (AvgIpc) is 1.96. The molecule has 0 aromatic heterocycles. The highest BCUT2D eigenvalue weighted by atomic mass is 16.7. The molecule has 0 aliphatic heterocycles. The molecule has 18 heavy (non-hydrogen) atoms. The second-order valence-corrected chi connectivity index (χ2v) is 2.32. The maximum atomic E-state index is 9.70. The summed E-state index contributed by atoms with van der Waals surface area (Å²) in [6, 6.07) is 0. The molecule has 0 fully saturated rings. The number of carboxylic acid groups (broad SMARTS) is 3. The minimum Gasteiger partial charge on any atom is -0.481 e. The standard InChI is InChI=1S/C2H2N2O6.2C2H4O2/c5-2(6)1(3(7)8)4(9)10;2*1-2(3)4/h1H,(H,5,6);2*1H3,(H,3,4). The van der Waals surface area contributed by atoms with E-state index in [0.717, 1.165) is 13.8 Å². The van der Waals surface area contributed by atoms with Crippen molar-refractivity contribution in [1.29, 1.82) is 0 Å². The summed E-state index contributed by atoms with van der Waals surface area (Å²) in [5.41, 5.74) is 0. The molecule has 104 valence electrons. The Bertz CT molecular complexity index is 284. The highest BCUT2D eigenvalue weighted by molar-refractivity contribution is 5.69. The van der Waals surface area contributed by atoms with E-state index in [9.17, 15) is 25.0 Å². The molecular formula is C6H10N2O10. The third-order valence-electron chi connectivity index (χ3n) is 0.620. The summed E-state index contributed by atoms with van der Waals surface area (Å²) in [7, 11) is 0. The van der Waals surface area contributed by atoms with E-state index in [1.165, 1.54) is 0 Å². The summed E-state index contributed by atoms with van der Waals surface area (Å²) in [4.78, 5) is 43.9. The molecule has 0 saturated carbocycles. The predicted molar refractivity (Wildman–Crippen MR) is 52.0 cm³/mol. The van der Waals surface area contributed by atoms with Gasteiger partial charge in [0.1, 0.15) is 9.85 Å². The molecule has 0 aliphatic rings. The van der Waals surface area contributed by atoms with Crippen molar-refractivity contribution < 1.29 is 39.5 Å². The van der Waals surface area contributed by atoms with Crippen LogP contribution >= 0.6 is 0 Å². The van der Waals surface area contributed by atoms with Crippen LogP contribution in [0.3, 0.4) is 0 Å². The zero-order valence-electron chi connectivity index (χ0n) is 9.17. The van der Waals surface area contributed by atoms with Crippen LogP contribution in [0.4, 0.5) is 0 Å². The summed E-state index contributed by atoms with van der Waals surface area (Å²) >= 11 is 0. The Kier molecular flexibility index (Phi) is 12.3. The normalized spacial score (nSPS) is 7.94. The Hall–Kier alpha value is -2.79. The van der Waals surface area contributed by atoms with E-state index in [-0.39, 0.29) is 0 Å². The summed E-state index contributed by atoms with van der Waals surface area (Å²) in [6.45, 7) is 2.17. The van der Waals surface area contributed by atoms with Crippen LogP contribution in [0.1, 0.15) is 13.8 Å². The molecule has 0 amide bonds. The minimum absolute atomic E-state index is 0.833. The molecule has 0 unspecified atom stereocenters. The van der Waals surface area contributed by atoms with Gasteiger partial charge in [-0.15, -0.1) is 0 Å². The molecule has 0 saturated heterocycles. The molecule has 0 bridgehead atoms. The fourth-order valence-corrected chi connectivity index (χ4v) is 0.257. The van der Waals surface area contributed by atoms with Crippen molar-refractivity contribution in [2.45, 2.75) is 20.0 Å². The number of nitrogens with zero attached hydrogens (tertiary/aromatic N) is 2. The third-order valence-corrected chi connectivity index (χ3v) is 0.620. The van der Waals surface area contributed by atoms with Crippen molar-refractivity contribution in [3.63, 3.8) is 0 Å². The third kappa shape index (κ3) is 23.2. The minimum atomic E-state index is -2.75. The lowest BCUT2D eigenvalue weighted by Gasteiger charge is -1.93. The zero-order chi connectivity index (χ0) is 15.5. The maximum Gasteiger partial charge on any atom is 0.544 e. The highest BCUT2D eigenvalue weighted by Crippen LogP contribution is 1.89. The molecule has 12 nitrogen and oxygen atoms in total. The Balaban J connectivity index is -0.000000233. The van der Waals surface area contributed by atoms with Crippen LogP contribution in [0.5, 0.6) is 0 Å². The number of rotatable bonds is 3. The Morgan fingerprint density at radius 2 is 1.06 bits per heavy atom. The number of hydrogen-bond donors (Lipinski definition) is 3. The fraction of sp³-hybridized carbons (Fsp3) is 0.500. The summed E-state index contributed by atoms with van der Waals surface area (Å²) in [6.07, 6.45) is -2.75. The lowest BCUT2D eigenvalue weighted by atomic mass is 10.5. The Labute approximate surface area is 98.7 Å². The first-order chi connectivity index (χ1) is 7.93. The van der Waals surface area contributed by atoms with E-state index in [0.29, 0.717) is 0 Å². The molecule has 12 heteroatoms. The number of carbonyl (C=O) groups is 3. The number of nitro groups is 2. The van der Waals surface area contributed by atoms with Gasteiger partial charge in [0, 0.05) is 13.8 Å². The number of hydrogen-bond acceptors (Lipinski definition) is 7. The van der Waals surface area contributed by atoms with Crippen molar-refractivity contribution in [3.05, 3.63) is 20.2 Å². The zero-order valence-corrected chi connectivity index (χ0v) is 9.17. The van der Waals surface area contributed by atoms with Crippen LogP contribution in [0.15, 0.2) is 0 Å². The van der Waals surface area contributed by atoms with Crippen molar-refractivity contribution in [2.75, 3.05) is 0 Å². The fourth-order valence-electron chi connectivity index (χ4n) is 0.257. The molecule has 0 heterocycles. The monoisotopic (exact) mass is 270 g/mol. The lowest BCUT2D eigenvalue weighted by Crippen LogP contribution is -2.36. The van der Waals surface area contributed by atoms with Crippen molar-refractivity contribution in [3.8, 4) is 0 Å². The second kappa shape index (κ2) is 10.7. The van der Waals surface area contributed by atoms with E-state index >= 15 is 0 Å². The molecule has 0 radical (unpaired) electrons. The van der Waals surface area contributed by atoms with Crippen LogP contribution in [0.25, 0.3) is 0 Å². The van der Waals surface area contributed by atoms with Gasteiger partial charge in [-0.05, 0) is 0 Å². The molecule has 0 atom stereocenters. The maximum absolute atomic E-state index is 9.70. The van der Waals surface area contributed by atoms with Gasteiger partial charge in [-0.3, -0.25) is 29.8 Å². The highest BCUT2D eigenvalue weighted by Gasteiger charge is 2.41. The molecular weight excluding hydrogens is 260 g/mol. The summed E-state index contributed by atoms with van der Waals surface area (Å²) < 4.78 is 0. The van der Waals surface area contributed by atoms with E-state index in [4.69, 9.17) is 24.9 Å². The Morgan fingerprint density at radius 3 is 1.06 bits per heavy atom. The van der Waals surface area contributed by atoms with Gasteiger partial charge in [0.15, 0.2) is 0 Å². The molecule has 0 aromatic carbocycles. The van der Waals surface area contributed by atoms with Gasteiger partial charge in [0.2, 0.25) is 0 Å². The first-order valence-corrected chi connectivity index (χ1v) is 3.82. The smallest absolute Gasteiger partial charge is 0.481 e. The largest absolute Gasteiger partial charge is 0.544 e. The average molecular weight is 270 g/mol. The van der Waals surface area contributed by atoms with E-state index in [1.807, 2.05) is 0 Å². The number of carboxylic acids is 3. The summed E-state index contributed by atoms with van der Waals surface area (Å²) in [5, 5.41) is 41.8. The van der Waals surface area contributed by atoms with Crippen LogP contribution in [-0.4, -0.2) is 49.2 Å². The molecule has 0 aromatic rings. The molecule has 0 aliphatic carbocycles. The van der Waals surface area contributed by atoms with Crippen molar-refractivity contribution >= 4 is 17.9 Å². The quantitative estimate of drug-likeness (QED) is 0.329. The molecule has 3 N–H and O–H groups in total. The topological polar surface area (TPSA) is 198 Å². The second-order valence-electron chi connectivity index (χ2n) is 2.32. The van der Waals surface area contributed by atoms with Gasteiger partial charge in [0.25, 0.3) is 11.9 Å². The van der Waals surface area contributed by atoms with Crippen molar-refractivity contribution in [1.82, 2.24) is 0 Å². The van der Waals surface area contributed by atoms with Crippen LogP contribution in [0.2, 0.25) is 0 Å². The van der Waals surface area contributed by atoms with Gasteiger partial charge in [-0.25, -0.2) is 4.79 Å². The number of aliphatic carboxylic acids is 3. The first-order valence-electron chi connectivity index (χ1n) is 3.82. The van der Waals surface area contributed by atoms with Crippen LogP contribution in [-0.2, 0) is 14.4 Å². The van der Waals surface area contributed by atoms with E-state index in [2.05, 4.69) is 0 Å². The van der Waals surface area contributed by atoms with E-state index < -0.39 is 33.9 Å². The summed E-state index contributed by atoms with van der Waals surface area (Å²) in [5.74, 6) is -3.74. The predicted octanol–water partition coefficient (Wildman–Crippen LogP) is -0.868. The lowest BCUT2D eigenvalue weighted by molar-refractivity contribution is -0.725. The molecule has 0 rings (SSSR count). The molecule has 0 spiro atoms. The van der Waals surface area contributed by atoms with Gasteiger partial charge >= 0.3 is 12.1 Å². The van der Waals surface area contributed by atoms with Gasteiger partial charge in [-0.1, -0.05) is 0 Å². The Morgan fingerprint density at radius 1 is 0.889 bits per heavy atom. The van der Waals surface area contributed by atoms with Gasteiger partial charge in [-0.2, -0.15) is 0 Å². The van der Waals surface area contributed by atoms with Crippen LogP contribution in [0, 0.1) is 20.2 Å². The van der Waals surface area contributed by atoms with Gasteiger partial charge in [0.05, 0.1) is 0 Å². The van der Waals surface area contributed by atoms with Crippen molar-refractivity contribution in [2.24, 2.45) is 0 Å².